The van der Waals surface area contributed by atoms with Crippen LogP contribution in [0.15, 0.2) is 261 Å². The number of rotatable bonds is 7. The Morgan fingerprint density at radius 3 is 1.15 bits per heavy atom. The molecular formula is C70H49N. The van der Waals surface area contributed by atoms with E-state index in [1.54, 1.807) is 0 Å². The zero-order valence-corrected chi connectivity index (χ0v) is 39.8. The summed E-state index contributed by atoms with van der Waals surface area (Å²) in [5, 5.41) is 0. The third kappa shape index (κ3) is 6.19. The van der Waals surface area contributed by atoms with E-state index in [1.807, 2.05) is 0 Å². The fourth-order valence-electron chi connectivity index (χ4n) is 12.6. The van der Waals surface area contributed by atoms with Crippen LogP contribution in [-0.2, 0) is 10.8 Å². The van der Waals surface area contributed by atoms with E-state index in [4.69, 9.17) is 0 Å². The van der Waals surface area contributed by atoms with E-state index in [-0.39, 0.29) is 5.41 Å². The van der Waals surface area contributed by atoms with Crippen LogP contribution in [0.2, 0.25) is 0 Å². The van der Waals surface area contributed by atoms with Crippen LogP contribution in [0.1, 0.15) is 47.2 Å². The second-order valence-corrected chi connectivity index (χ2v) is 20.0. The van der Waals surface area contributed by atoms with Gasteiger partial charge >= 0.3 is 0 Å². The Morgan fingerprint density at radius 1 is 0.239 bits per heavy atom. The molecule has 3 aliphatic rings. The number of nitrogens with zero attached hydrogens (tertiary/aromatic N) is 1. The van der Waals surface area contributed by atoms with E-state index in [0.29, 0.717) is 0 Å². The SMILES string of the molecule is CC1(C)c2ccccc2-c2ccc(N(c3ccc4c(c3)C3(c5ccccc5-4)c4cc(-c5ccccc5)ccc4-c4ccc(-c5ccccc5)cc43)c3ccccc3-c3ccc(-c4ccccc4)cc3)cc21. The number of benzene rings is 11. The number of hydrogen-bond acceptors (Lipinski definition) is 1. The Bertz CT molecular complexity index is 3790. The van der Waals surface area contributed by atoms with Gasteiger partial charge in [-0.1, -0.05) is 232 Å². The molecule has 14 rings (SSSR count). The van der Waals surface area contributed by atoms with E-state index in [1.165, 1.54) is 111 Å². The molecule has 3 aliphatic carbocycles. The first kappa shape index (κ1) is 41.2. The van der Waals surface area contributed by atoms with Crippen molar-refractivity contribution in [2.45, 2.75) is 24.7 Å². The van der Waals surface area contributed by atoms with Crippen molar-refractivity contribution in [3.05, 3.63) is 294 Å². The Balaban J connectivity index is 1.03. The minimum atomic E-state index is -0.595. The van der Waals surface area contributed by atoms with Gasteiger partial charge in [-0.2, -0.15) is 0 Å². The smallest absolute Gasteiger partial charge is 0.0726 e. The second-order valence-electron chi connectivity index (χ2n) is 20.0. The molecule has 334 valence electrons. The average molecular weight is 904 g/mol. The molecule has 0 atom stereocenters. The zero-order chi connectivity index (χ0) is 47.3. The van der Waals surface area contributed by atoms with Gasteiger partial charge in [-0.15, -0.1) is 0 Å². The summed E-state index contributed by atoms with van der Waals surface area (Å²) in [5.41, 5.74) is 28.0. The van der Waals surface area contributed by atoms with E-state index in [0.717, 1.165) is 17.1 Å². The predicted molar refractivity (Wildman–Crippen MR) is 297 cm³/mol. The van der Waals surface area contributed by atoms with Gasteiger partial charge in [0.1, 0.15) is 0 Å². The van der Waals surface area contributed by atoms with Crippen molar-refractivity contribution in [3.8, 4) is 77.9 Å². The fourth-order valence-corrected chi connectivity index (χ4v) is 12.6. The molecule has 71 heavy (non-hydrogen) atoms. The molecule has 1 spiro atoms. The van der Waals surface area contributed by atoms with Crippen LogP contribution in [0.25, 0.3) is 77.9 Å². The van der Waals surface area contributed by atoms with Gasteiger partial charge in [-0.05, 0) is 148 Å². The van der Waals surface area contributed by atoms with Crippen molar-refractivity contribution in [3.63, 3.8) is 0 Å². The molecule has 0 saturated carbocycles. The molecule has 0 unspecified atom stereocenters. The highest BCUT2D eigenvalue weighted by atomic mass is 15.1. The summed E-state index contributed by atoms with van der Waals surface area (Å²) < 4.78 is 0. The summed E-state index contributed by atoms with van der Waals surface area (Å²) in [4.78, 5) is 2.54. The number of hydrogen-bond donors (Lipinski definition) is 0. The van der Waals surface area contributed by atoms with E-state index >= 15 is 0 Å². The van der Waals surface area contributed by atoms with Crippen LogP contribution < -0.4 is 4.90 Å². The highest BCUT2D eigenvalue weighted by Gasteiger charge is 2.52. The zero-order valence-electron chi connectivity index (χ0n) is 39.8. The maximum atomic E-state index is 2.54. The minimum Gasteiger partial charge on any atom is -0.310 e. The fraction of sp³-hybridized carbons (Fsp3) is 0.0571. The average Bonchev–Trinajstić information content (AvgIpc) is 3.99. The minimum absolute atomic E-state index is 0.172. The Labute approximate surface area is 416 Å². The third-order valence-corrected chi connectivity index (χ3v) is 15.9. The first-order valence-electron chi connectivity index (χ1n) is 24.9. The standard InChI is InChI=1S/C70H49N/c1-69(2)62-27-15-12-25-56(62)58-40-36-53(44-64(58)69)71(68-29-17-14-24-55(68)50-32-30-49(31-33-50)46-18-6-3-7-19-46)54-37-41-61-57-26-13-16-28-63(57)70(67(61)45-54)65-42-51(47-20-8-4-9-21-47)34-38-59(65)60-39-35-52(43-66(60)70)48-22-10-5-11-23-48/h3-45H,1-2H3. The summed E-state index contributed by atoms with van der Waals surface area (Å²) >= 11 is 0. The van der Waals surface area contributed by atoms with Crippen LogP contribution in [0.3, 0.4) is 0 Å². The Kier molecular flexibility index (Phi) is 9.22. The summed E-state index contributed by atoms with van der Waals surface area (Å²) in [6, 6.07) is 97.5. The molecule has 0 aromatic heterocycles. The number of fused-ring (bicyclic) bond motifs is 13. The summed E-state index contributed by atoms with van der Waals surface area (Å²) in [6.45, 7) is 4.76. The van der Waals surface area contributed by atoms with Crippen LogP contribution >= 0.6 is 0 Å². The van der Waals surface area contributed by atoms with Crippen molar-refractivity contribution in [1.29, 1.82) is 0 Å². The first-order chi connectivity index (χ1) is 35.0. The molecule has 0 bridgehead atoms. The van der Waals surface area contributed by atoms with Gasteiger partial charge in [0.2, 0.25) is 0 Å². The van der Waals surface area contributed by atoms with Gasteiger partial charge in [0.25, 0.3) is 0 Å². The largest absolute Gasteiger partial charge is 0.310 e. The van der Waals surface area contributed by atoms with Gasteiger partial charge in [-0.25, -0.2) is 0 Å². The van der Waals surface area contributed by atoms with Crippen LogP contribution in [0.4, 0.5) is 17.1 Å². The summed E-state index contributed by atoms with van der Waals surface area (Å²) in [5.74, 6) is 0. The normalized spacial score (nSPS) is 13.7. The maximum Gasteiger partial charge on any atom is 0.0726 e. The maximum absolute atomic E-state index is 2.54. The van der Waals surface area contributed by atoms with Crippen molar-refractivity contribution < 1.29 is 0 Å². The van der Waals surface area contributed by atoms with Crippen LogP contribution in [0.5, 0.6) is 0 Å². The van der Waals surface area contributed by atoms with Crippen LogP contribution in [-0.4, -0.2) is 0 Å². The van der Waals surface area contributed by atoms with Crippen molar-refractivity contribution in [2.75, 3.05) is 4.90 Å². The number of anilines is 3. The van der Waals surface area contributed by atoms with Gasteiger partial charge in [0, 0.05) is 22.4 Å². The lowest BCUT2D eigenvalue weighted by molar-refractivity contribution is 0.660. The summed E-state index contributed by atoms with van der Waals surface area (Å²) in [6.07, 6.45) is 0. The highest BCUT2D eigenvalue weighted by molar-refractivity contribution is 5.99. The molecule has 11 aromatic rings. The molecule has 0 fully saturated rings. The topological polar surface area (TPSA) is 3.24 Å². The van der Waals surface area contributed by atoms with E-state index < -0.39 is 5.41 Å². The molecule has 11 aromatic carbocycles. The molecule has 0 radical (unpaired) electrons. The molecule has 0 N–H and O–H groups in total. The monoisotopic (exact) mass is 903 g/mol. The molecule has 1 heteroatoms. The Morgan fingerprint density at radius 2 is 0.592 bits per heavy atom. The van der Waals surface area contributed by atoms with Gasteiger partial charge in [0.15, 0.2) is 0 Å². The molecule has 0 saturated heterocycles. The van der Waals surface area contributed by atoms with E-state index in [9.17, 15) is 0 Å². The molecular weight excluding hydrogens is 855 g/mol. The summed E-state index contributed by atoms with van der Waals surface area (Å²) in [7, 11) is 0. The molecule has 0 amide bonds. The lowest BCUT2D eigenvalue weighted by atomic mass is 9.69. The highest BCUT2D eigenvalue weighted by Crippen LogP contribution is 2.64. The lowest BCUT2D eigenvalue weighted by Gasteiger charge is -2.33. The van der Waals surface area contributed by atoms with Crippen molar-refractivity contribution >= 4 is 17.1 Å². The lowest BCUT2D eigenvalue weighted by Crippen LogP contribution is -2.26. The quantitative estimate of drug-likeness (QED) is 0.154. The predicted octanol–water partition coefficient (Wildman–Crippen LogP) is 18.5. The third-order valence-electron chi connectivity index (χ3n) is 15.9. The molecule has 0 heterocycles. The van der Waals surface area contributed by atoms with Gasteiger partial charge in [0.05, 0.1) is 11.1 Å². The Hall–Kier alpha value is -8.78. The van der Waals surface area contributed by atoms with Crippen LogP contribution in [0, 0.1) is 0 Å². The van der Waals surface area contributed by atoms with Crippen molar-refractivity contribution in [2.24, 2.45) is 0 Å². The first-order valence-corrected chi connectivity index (χ1v) is 24.9. The molecule has 1 nitrogen and oxygen atoms in total. The van der Waals surface area contributed by atoms with Gasteiger partial charge < -0.3 is 4.90 Å². The van der Waals surface area contributed by atoms with E-state index in [2.05, 4.69) is 280 Å². The van der Waals surface area contributed by atoms with Gasteiger partial charge in [-0.3, -0.25) is 0 Å². The number of para-hydroxylation sites is 1. The van der Waals surface area contributed by atoms with Crippen molar-refractivity contribution in [1.82, 2.24) is 0 Å². The second kappa shape index (κ2) is 15.9. The molecule has 0 aliphatic heterocycles.